The van der Waals surface area contributed by atoms with Crippen LogP contribution in [0.2, 0.25) is 0 Å². The molecule has 0 spiro atoms. The number of hydrogen-bond donors (Lipinski definition) is 1. The van der Waals surface area contributed by atoms with E-state index in [1.165, 1.54) is 16.2 Å². The number of thiazole rings is 1. The number of hydrogen-bond acceptors (Lipinski definition) is 8. The summed E-state index contributed by atoms with van der Waals surface area (Å²) in [6, 6.07) is 20.8. The lowest BCUT2D eigenvalue weighted by Gasteiger charge is -2.43. The number of carbonyl (C=O) groups excluding carboxylic acids is 3. The highest BCUT2D eigenvalue weighted by Crippen LogP contribution is 2.69. The van der Waals surface area contributed by atoms with E-state index in [4.69, 9.17) is 9.47 Å². The minimum Gasteiger partial charge on any atom is -0.489 e. The van der Waals surface area contributed by atoms with Gasteiger partial charge in [0.05, 0.1) is 34.7 Å². The summed E-state index contributed by atoms with van der Waals surface area (Å²) in [6.07, 6.45) is 0.786. The Morgan fingerprint density at radius 1 is 1.00 bits per heavy atom. The second-order valence-corrected chi connectivity index (χ2v) is 15.8. The zero-order valence-electron chi connectivity index (χ0n) is 25.6. The molecular weight excluding hydrogens is 700 g/mol. The van der Waals surface area contributed by atoms with Crippen molar-refractivity contribution in [2.75, 3.05) is 11.5 Å². The molecule has 0 unspecified atom stereocenters. The Labute approximate surface area is 288 Å². The first-order valence-electron chi connectivity index (χ1n) is 15.8. The van der Waals surface area contributed by atoms with Gasteiger partial charge in [-0.15, -0.1) is 11.8 Å². The zero-order chi connectivity index (χ0) is 32.6. The molecule has 4 aromatic rings. The van der Waals surface area contributed by atoms with Gasteiger partial charge in [-0.25, -0.2) is 4.79 Å². The molecule has 2 amide bonds. The van der Waals surface area contributed by atoms with E-state index < -0.39 is 17.8 Å². The molecule has 8 rings (SSSR count). The lowest BCUT2D eigenvalue weighted by atomic mass is 9.68. The average Bonchev–Trinajstić information content (AvgIpc) is 3.79. The van der Waals surface area contributed by atoms with Crippen molar-refractivity contribution in [3.63, 3.8) is 0 Å². The van der Waals surface area contributed by atoms with E-state index in [2.05, 4.69) is 46.0 Å². The number of esters is 1. The second-order valence-electron chi connectivity index (χ2n) is 12.7. The van der Waals surface area contributed by atoms with Crippen molar-refractivity contribution in [2.24, 2.45) is 29.6 Å². The highest BCUT2D eigenvalue weighted by atomic mass is 79.9. The number of H-pyrrole nitrogens is 1. The summed E-state index contributed by atoms with van der Waals surface area (Å²) in [5.74, 6) is -1.12. The number of nitrogens with zero attached hydrogens (tertiary/aromatic N) is 1. The third-order valence-electron chi connectivity index (χ3n) is 10.1. The summed E-state index contributed by atoms with van der Waals surface area (Å²) >= 11 is 6.57. The molecule has 2 bridgehead atoms. The molecule has 1 saturated heterocycles. The van der Waals surface area contributed by atoms with Gasteiger partial charge < -0.3 is 14.5 Å². The molecule has 3 aromatic carbocycles. The second kappa shape index (κ2) is 11.8. The topological polar surface area (TPSA) is 106 Å². The van der Waals surface area contributed by atoms with Gasteiger partial charge in [0, 0.05) is 26.1 Å². The molecule has 2 aliphatic carbocycles. The van der Waals surface area contributed by atoms with Gasteiger partial charge in [0.15, 0.2) is 0 Å². The van der Waals surface area contributed by atoms with Gasteiger partial charge in [-0.05, 0) is 86.1 Å². The van der Waals surface area contributed by atoms with Crippen molar-refractivity contribution >= 4 is 62.5 Å². The predicted octanol–water partition coefficient (Wildman–Crippen LogP) is 6.94. The molecule has 7 atom stereocenters. The van der Waals surface area contributed by atoms with Crippen molar-refractivity contribution in [3.05, 3.63) is 108 Å². The average molecular weight is 732 g/mol. The number of imide groups is 1. The van der Waals surface area contributed by atoms with Crippen LogP contribution in [0.15, 0.2) is 81.0 Å². The molecule has 11 heteroatoms. The first kappa shape index (κ1) is 30.7. The van der Waals surface area contributed by atoms with Crippen LogP contribution in [0.1, 0.15) is 51.2 Å². The van der Waals surface area contributed by atoms with E-state index >= 15 is 0 Å². The Hall–Kier alpha value is -3.67. The number of aromatic nitrogens is 1. The fraction of sp³-hybridized carbons (Fsp3) is 0.333. The minimum absolute atomic E-state index is 0.0110. The summed E-state index contributed by atoms with van der Waals surface area (Å²) in [5, 5.41) is 0.902. The van der Waals surface area contributed by atoms with Crippen LogP contribution < -0.4 is 14.5 Å². The molecule has 47 heavy (non-hydrogen) atoms. The predicted molar refractivity (Wildman–Crippen MR) is 183 cm³/mol. The van der Waals surface area contributed by atoms with E-state index in [-0.39, 0.29) is 52.2 Å². The fourth-order valence-electron chi connectivity index (χ4n) is 8.44. The van der Waals surface area contributed by atoms with Gasteiger partial charge in [0.1, 0.15) is 12.4 Å². The van der Waals surface area contributed by atoms with E-state index in [0.717, 1.165) is 43.2 Å². The maximum atomic E-state index is 14.2. The first-order valence-corrected chi connectivity index (χ1v) is 18.2. The number of amides is 2. The van der Waals surface area contributed by atoms with E-state index in [9.17, 15) is 19.2 Å². The summed E-state index contributed by atoms with van der Waals surface area (Å²) < 4.78 is 12.5. The van der Waals surface area contributed by atoms with Crippen molar-refractivity contribution < 1.29 is 23.9 Å². The van der Waals surface area contributed by atoms with Crippen molar-refractivity contribution in [1.29, 1.82) is 0 Å². The van der Waals surface area contributed by atoms with Crippen LogP contribution >= 0.6 is 39.0 Å². The highest BCUT2D eigenvalue weighted by Gasteiger charge is 2.69. The van der Waals surface area contributed by atoms with Crippen molar-refractivity contribution in [1.82, 2.24) is 4.98 Å². The van der Waals surface area contributed by atoms with Gasteiger partial charge in [0.25, 0.3) is 0 Å². The third-order valence-corrected chi connectivity index (χ3v) is 13.2. The minimum atomic E-state index is -0.444. The number of anilines is 1. The molecule has 1 aromatic heterocycles. The lowest BCUT2D eigenvalue weighted by molar-refractivity contribution is -0.123. The van der Waals surface area contributed by atoms with Gasteiger partial charge in [-0.1, -0.05) is 57.1 Å². The molecule has 8 nitrogen and oxygen atoms in total. The Balaban J connectivity index is 1.15. The van der Waals surface area contributed by atoms with Gasteiger partial charge >= 0.3 is 10.8 Å². The summed E-state index contributed by atoms with van der Waals surface area (Å²) in [7, 11) is 0. The molecule has 4 aliphatic rings. The Morgan fingerprint density at radius 3 is 2.51 bits per heavy atom. The summed E-state index contributed by atoms with van der Waals surface area (Å²) in [4.78, 5) is 58.5. The molecule has 2 aliphatic heterocycles. The Morgan fingerprint density at radius 2 is 1.77 bits per heavy atom. The van der Waals surface area contributed by atoms with Crippen molar-refractivity contribution in [3.8, 4) is 5.75 Å². The van der Waals surface area contributed by atoms with Gasteiger partial charge in [0.2, 0.25) is 11.8 Å². The maximum absolute atomic E-state index is 14.2. The van der Waals surface area contributed by atoms with Gasteiger partial charge in [-0.2, -0.15) is 0 Å². The molecule has 1 N–H and O–H groups in total. The van der Waals surface area contributed by atoms with Crippen LogP contribution in [0.5, 0.6) is 5.75 Å². The number of ether oxygens (including phenoxy) is 2. The quantitative estimate of drug-likeness (QED) is 0.162. The van der Waals surface area contributed by atoms with Crippen molar-refractivity contribution in [2.45, 2.75) is 43.1 Å². The highest BCUT2D eigenvalue weighted by molar-refractivity contribution is 9.10. The fourth-order valence-corrected chi connectivity index (χ4v) is 11.7. The lowest BCUT2D eigenvalue weighted by Crippen LogP contribution is -2.42. The third kappa shape index (κ3) is 5.00. The van der Waals surface area contributed by atoms with Crippen LogP contribution in [-0.4, -0.2) is 34.6 Å². The number of aromatic amines is 1. The number of benzene rings is 3. The molecule has 240 valence electrons. The molecule has 3 heterocycles. The molecule has 2 saturated carbocycles. The Bertz CT molecular complexity index is 1990. The maximum Gasteiger partial charge on any atom is 0.338 e. The van der Waals surface area contributed by atoms with Crippen LogP contribution in [0, 0.1) is 36.5 Å². The SMILES string of the molecule is CCOC(=O)c1ccc(N2C(=O)[C@H]3[C@H]4C[C@@H]([C@@H]3C2=O)[C@H]2[C@H](c3cc(Br)ccc3OCc3cccc(C)c3)c3sc(=O)[nH]c3S[C@H]42)cc1. The molecular formula is C36H31BrN2O6S2. The number of aryl methyl sites for hydroxylation is 1. The van der Waals surface area contributed by atoms with Crippen LogP contribution in [-0.2, 0) is 20.9 Å². The summed E-state index contributed by atoms with van der Waals surface area (Å²) in [5.41, 5.74) is 4.04. The Kier molecular flexibility index (Phi) is 7.69. The van der Waals surface area contributed by atoms with E-state index in [0.29, 0.717) is 17.9 Å². The number of nitrogens with one attached hydrogen (secondary N) is 1. The molecule has 0 radical (unpaired) electrons. The first-order chi connectivity index (χ1) is 22.7. The molecule has 3 fully saturated rings. The van der Waals surface area contributed by atoms with E-state index in [1.807, 2.05) is 24.3 Å². The number of fused-ring (bicyclic) bond motifs is 9. The largest absolute Gasteiger partial charge is 0.489 e. The number of halogens is 1. The monoisotopic (exact) mass is 730 g/mol. The summed E-state index contributed by atoms with van der Waals surface area (Å²) in [6.45, 7) is 4.46. The van der Waals surface area contributed by atoms with Crippen LogP contribution in [0.3, 0.4) is 0 Å². The number of carbonyl (C=O) groups is 3. The standard InChI is InChI=1S/C36H31BrN2O6S2/c1-3-44-35(42)19-7-10-21(11-8-19)39-33(40)28-23-15-24(29(28)34(39)41)30-27(23)26(31-32(46-30)38-36(43)47-31)22-14-20(37)9-12-25(22)45-16-18-6-4-5-17(2)13-18/h4-14,23-24,26-30H,3,15-16H2,1-2H3,(H,38,43)/t23-,24-,26+,27+,28+,29+,30-/m1/s1. The smallest absolute Gasteiger partial charge is 0.338 e. The van der Waals surface area contributed by atoms with Crippen LogP contribution in [0.25, 0.3) is 0 Å². The normalized spacial score (nSPS) is 27.0. The van der Waals surface area contributed by atoms with E-state index in [1.54, 1.807) is 43.0 Å². The van der Waals surface area contributed by atoms with Gasteiger partial charge in [-0.3, -0.25) is 19.3 Å². The number of rotatable bonds is 7. The van der Waals surface area contributed by atoms with Crippen LogP contribution in [0.4, 0.5) is 5.69 Å². The zero-order valence-corrected chi connectivity index (χ0v) is 28.8. The number of thioether (sulfide) groups is 1.